The molecule has 43 heteroatoms. The van der Waals surface area contributed by atoms with Crippen molar-refractivity contribution in [1.82, 2.24) is 28.7 Å². The Morgan fingerprint density at radius 3 is 1.12 bits per heavy atom. The van der Waals surface area contributed by atoms with Crippen molar-refractivity contribution in [2.75, 3.05) is 31.5 Å². The molecule has 0 aliphatic heterocycles. The number of imidazole rings is 3. The number of sulfone groups is 1. The van der Waals surface area contributed by atoms with Gasteiger partial charge in [-0.3, -0.25) is 44.5 Å². The first-order valence-electron chi connectivity index (χ1n) is 44.6. The number of fused-ring (bicyclic) bond motifs is 3. The highest BCUT2D eigenvalue weighted by molar-refractivity contribution is 7.98. The number of amides is 2. The van der Waals surface area contributed by atoms with E-state index in [4.69, 9.17) is 55.1 Å². The van der Waals surface area contributed by atoms with Crippen molar-refractivity contribution < 1.29 is 120 Å². The van der Waals surface area contributed by atoms with Crippen molar-refractivity contribution in [2.24, 2.45) is 44.4 Å². The molecule has 136 heavy (non-hydrogen) atoms. The number of thioether (sulfide) groups is 1. The predicted octanol–water partition coefficient (Wildman–Crippen LogP) is 18.7. The first-order chi connectivity index (χ1) is 64.4. The number of nitrogens with zero attached hydrogens (tertiary/aromatic N) is 9. The summed E-state index contributed by atoms with van der Waals surface area (Å²) in [5, 5.41) is 41.0. The number of aryl methyl sites for hydroxylation is 6. The second-order valence-corrected chi connectivity index (χ2v) is 36.9. The van der Waals surface area contributed by atoms with E-state index in [1.165, 1.54) is 40.6 Å². The summed E-state index contributed by atoms with van der Waals surface area (Å²) in [6, 6.07) is 17.7. The number of hydrogen-bond acceptors (Lipinski definition) is 24. The van der Waals surface area contributed by atoms with Crippen LogP contribution >= 0.6 is 11.8 Å². The van der Waals surface area contributed by atoms with Gasteiger partial charge in [0.05, 0.1) is 85.8 Å². The number of primary amides is 2. The molecule has 0 spiro atoms. The number of rotatable bonds is 30. The van der Waals surface area contributed by atoms with E-state index in [1.807, 2.05) is 63.9 Å². The molecule has 7 aliphatic rings. The molecule has 0 unspecified atom stereocenters. The summed E-state index contributed by atoms with van der Waals surface area (Å²) in [5.41, 5.74) is 17.6. The van der Waals surface area contributed by atoms with Crippen LogP contribution in [0.4, 0.5) is 66.7 Å². The number of carbonyl (C=O) groups excluding carboxylic acids is 2. The summed E-state index contributed by atoms with van der Waals surface area (Å²) in [7, 11) is 1.78. The number of nitro groups is 3. The number of aliphatic hydroxyl groups is 1. The SMILES string of the molecule is CCc1cc(F)cc(F)c1[N+](=O)[O-].CCc1cc(OC2CC2)cc(F)c1N.CCc1cc(OC2CC2)cc(F)c1[N+](=O)[O-].CSc1nc2c(F)cc(OC3CC3)cc2n1C.C[C@@H](COC1CCC(O)CC1)CC(N)=O.C[C@@H](COC1CCC(Oc2nc3c(F)cc(OC4CC4)cc3n2C)CC1)CC(N)=O.Cn1c(S(C)(=O)=O)nc2c(F)cc(OC3CC3)cc21.O=[N+]([O-])c1c(F)cc(F)cc1F. The normalized spacial score (nSPS) is 17.5. The highest BCUT2D eigenvalue weighted by Crippen LogP contribution is 2.40. The second-order valence-electron chi connectivity index (χ2n) is 34.2. The molecule has 740 valence electrons. The largest absolute Gasteiger partial charge is 0.490 e. The third-order valence-electron chi connectivity index (χ3n) is 22.2. The van der Waals surface area contributed by atoms with E-state index in [1.54, 1.807) is 37.6 Å². The van der Waals surface area contributed by atoms with Gasteiger partial charge in [0.25, 0.3) is 6.01 Å². The van der Waals surface area contributed by atoms with E-state index in [-0.39, 0.29) is 125 Å². The Kier molecular flexibility index (Phi) is 37.7. The number of aliphatic hydroxyl groups excluding tert-OH is 1. The van der Waals surface area contributed by atoms with Crippen LogP contribution in [0.15, 0.2) is 95.2 Å². The van der Waals surface area contributed by atoms with Crippen molar-refractivity contribution in [1.29, 1.82) is 0 Å². The van der Waals surface area contributed by atoms with E-state index in [2.05, 4.69) is 15.0 Å². The molecule has 7 saturated carbocycles. The first-order valence-corrected chi connectivity index (χ1v) is 47.7. The average Bonchev–Trinajstić information content (AvgIpc) is 1.41. The minimum absolute atomic E-state index is 0.0219. The molecule has 17 rings (SSSR count). The van der Waals surface area contributed by atoms with Gasteiger partial charge < -0.3 is 69.3 Å². The molecule has 0 bridgehead atoms. The van der Waals surface area contributed by atoms with Gasteiger partial charge in [0.15, 0.2) is 22.6 Å². The van der Waals surface area contributed by atoms with Crippen LogP contribution < -0.4 is 45.6 Å². The summed E-state index contributed by atoms with van der Waals surface area (Å²) < 4.78 is 205. The van der Waals surface area contributed by atoms with E-state index < -0.39 is 88.2 Å². The molecule has 7 aliphatic carbocycles. The minimum atomic E-state index is -3.49. The molecule has 7 fully saturated rings. The zero-order valence-electron chi connectivity index (χ0n) is 76.8. The summed E-state index contributed by atoms with van der Waals surface area (Å²) in [4.78, 5) is 62.3. The Labute approximate surface area is 782 Å². The molecule has 31 nitrogen and oxygen atoms in total. The Bertz CT molecular complexity index is 5980. The Hall–Kier alpha value is -11.8. The number of nitrogens with two attached hydrogens (primary N) is 3. The minimum Gasteiger partial charge on any atom is -0.490 e. The molecule has 3 aromatic heterocycles. The monoisotopic (exact) mass is 1950 g/mol. The van der Waals surface area contributed by atoms with Gasteiger partial charge in [-0.1, -0.05) is 46.4 Å². The van der Waals surface area contributed by atoms with Gasteiger partial charge in [-0.2, -0.15) is 22.5 Å². The molecule has 3 heterocycles. The lowest BCUT2D eigenvalue weighted by atomic mass is 9.95. The Morgan fingerprint density at radius 1 is 0.434 bits per heavy atom. The number of carbonyl (C=O) groups is 2. The molecule has 2 atom stereocenters. The maximum atomic E-state index is 14.5. The molecule has 7 aromatic carbocycles. The number of ether oxygens (including phenoxy) is 8. The van der Waals surface area contributed by atoms with Crippen molar-refractivity contribution in [3.8, 4) is 34.8 Å². The van der Waals surface area contributed by atoms with Crippen molar-refractivity contribution in [3.05, 3.63) is 190 Å². The van der Waals surface area contributed by atoms with Crippen LogP contribution in [0.1, 0.15) is 180 Å². The van der Waals surface area contributed by atoms with Gasteiger partial charge in [-0.05, 0) is 177 Å². The molecule has 10 aromatic rings. The maximum absolute atomic E-state index is 14.5. The van der Waals surface area contributed by atoms with Crippen LogP contribution in [0.25, 0.3) is 33.1 Å². The smallest absolute Gasteiger partial charge is 0.340 e. The lowest BCUT2D eigenvalue weighted by Crippen LogP contribution is -2.30. The van der Waals surface area contributed by atoms with Crippen LogP contribution in [-0.4, -0.2) is 149 Å². The quantitative estimate of drug-likeness (QED) is 0.0107. The van der Waals surface area contributed by atoms with Gasteiger partial charge in [-0.15, -0.1) is 0 Å². The zero-order chi connectivity index (χ0) is 99.4. The number of halogens is 10. The van der Waals surface area contributed by atoms with Crippen LogP contribution in [0.2, 0.25) is 0 Å². The van der Waals surface area contributed by atoms with Gasteiger partial charge in [-0.25, -0.2) is 44.7 Å². The number of hydrogen-bond donors (Lipinski definition) is 4. The van der Waals surface area contributed by atoms with Crippen LogP contribution in [-0.2, 0) is 69.3 Å². The Morgan fingerprint density at radius 2 is 0.743 bits per heavy atom. The van der Waals surface area contributed by atoms with E-state index >= 15 is 0 Å². The van der Waals surface area contributed by atoms with Gasteiger partial charge in [0, 0.05) is 131 Å². The number of anilines is 1. The lowest BCUT2D eigenvalue weighted by Gasteiger charge is -2.29. The van der Waals surface area contributed by atoms with E-state index in [0.29, 0.717) is 107 Å². The van der Waals surface area contributed by atoms with E-state index in [0.717, 1.165) is 157 Å². The summed E-state index contributed by atoms with van der Waals surface area (Å²) in [5.74, 6) is -6.30. The third-order valence-corrected chi connectivity index (χ3v) is 24.0. The average molecular weight is 1960 g/mol. The van der Waals surface area contributed by atoms with Gasteiger partial charge in [0.2, 0.25) is 50.1 Å². The topological polar surface area (TPSA) is 423 Å². The highest BCUT2D eigenvalue weighted by atomic mass is 32.2. The first kappa shape index (κ1) is 106. The van der Waals surface area contributed by atoms with Gasteiger partial charge in [0.1, 0.15) is 68.9 Å². The fraction of sp³-hybridized carbons (Fsp3) is 0.495. The van der Waals surface area contributed by atoms with Crippen molar-refractivity contribution in [3.63, 3.8) is 0 Å². The zero-order valence-corrected chi connectivity index (χ0v) is 78.4. The number of benzene rings is 7. The third kappa shape index (κ3) is 31.4. The highest BCUT2D eigenvalue weighted by Gasteiger charge is 2.34. The van der Waals surface area contributed by atoms with Crippen molar-refractivity contribution >= 4 is 89.3 Å². The Balaban J connectivity index is 0.000000164. The lowest BCUT2D eigenvalue weighted by molar-refractivity contribution is -0.390. The summed E-state index contributed by atoms with van der Waals surface area (Å²) >= 11 is 1.51. The fourth-order valence-electron chi connectivity index (χ4n) is 14.4. The fourth-order valence-corrected chi connectivity index (χ4v) is 15.8. The summed E-state index contributed by atoms with van der Waals surface area (Å²) in [6.07, 6.45) is 23.6. The summed E-state index contributed by atoms with van der Waals surface area (Å²) in [6.45, 7) is 10.3. The standard InChI is InChI=1S/C22H30FN3O4.C12H13FN2O3S.C12H13FN2OS.C11H12FNO3.C11H14FNO.C11H21NO3.C8H7F2NO2.C6H2F3NO2/c1-13(9-20(24)27)12-28-14-3-5-16(6-4-14)30-22-25-21-18(23)10-17(29-15-7-8-15)11-19(21)26(22)2;1-15-10-6-8(18-7-3-4-7)5-9(13)11(10)14-12(15)19(2,16)17;1-15-10-6-8(16-7-3-4-7)5-9(13)11(10)14-12(15)17-2;1-2-7-5-9(16-8-3-4-8)6-10(12)11(7)13(14)15;1-2-7-5-9(14-8-3-4-8)6-10(12)11(7)13;1-8(6-11(12)14)7-15-10-4-2-9(13)3-5-10;1-2-5-3-6(9)4-7(10)8(5)11(12)13;7-3-1-4(8)6(10(11)12)5(9)2-3/h10-11,13-16H,3-9,12H2,1-2H3,(H2,24,27);5-7H,3-4H2,1-2H3;5-7H,3-4H2,1-2H3;5-6,8H,2-4H2,1H3;5-6,8H,2-4,13H2,1H3;8-10,13H,2-7H2,1H3,(H2,12,14);3-4H,2H2,1H3;1-2H/t13-,14?,16?;;;;;8-,9?,10?;;/m1....1../s1. The molecular formula is C93H112F10N12O19S2. The van der Waals surface area contributed by atoms with Crippen LogP contribution in [0, 0.1) is 100 Å². The molecule has 0 saturated heterocycles. The molecule has 2 amide bonds. The van der Waals surface area contributed by atoms with Gasteiger partial charge >= 0.3 is 17.1 Å². The van der Waals surface area contributed by atoms with E-state index in [9.17, 15) is 97.4 Å². The molecule has 7 N–H and O–H groups in total. The van der Waals surface area contributed by atoms with Crippen LogP contribution in [0.5, 0.6) is 34.8 Å². The van der Waals surface area contributed by atoms with Crippen LogP contribution in [0.3, 0.4) is 0 Å². The number of aromatic nitrogens is 6. The molecular weight excluding hydrogens is 1840 g/mol. The molecule has 0 radical (unpaired) electrons. The van der Waals surface area contributed by atoms with Crippen molar-refractivity contribution in [2.45, 2.75) is 248 Å². The predicted molar refractivity (Wildman–Crippen MR) is 486 cm³/mol. The number of nitro benzene ring substituents is 3. The second kappa shape index (κ2) is 48.3. The number of nitrogen functional groups attached to an aromatic ring is 1. The maximum Gasteiger partial charge on any atom is 0.340 e.